The lowest BCUT2D eigenvalue weighted by Gasteiger charge is -2.20. The lowest BCUT2D eigenvalue weighted by atomic mass is 10.1. The van der Waals surface area contributed by atoms with Crippen molar-refractivity contribution in [3.05, 3.63) is 5.82 Å². The molecule has 0 saturated heterocycles. The molecule has 0 fully saturated rings. The topological polar surface area (TPSA) is 68.0 Å². The maximum atomic E-state index is 10.7. The highest BCUT2D eigenvalue weighted by Gasteiger charge is 2.18. The van der Waals surface area contributed by atoms with E-state index in [-0.39, 0.29) is 5.75 Å². The van der Waals surface area contributed by atoms with E-state index in [1.807, 2.05) is 6.92 Å². The predicted octanol–water partition coefficient (Wildman–Crippen LogP) is 3.29. The van der Waals surface area contributed by atoms with E-state index in [0.29, 0.717) is 6.04 Å². The van der Waals surface area contributed by atoms with Gasteiger partial charge in [-0.15, -0.1) is 10.2 Å². The zero-order chi connectivity index (χ0) is 14.3. The number of carboxylic acids is 1. The van der Waals surface area contributed by atoms with Gasteiger partial charge in [0, 0.05) is 6.04 Å². The predicted molar refractivity (Wildman–Crippen MR) is 76.6 cm³/mol. The molecule has 1 aromatic heterocycles. The molecule has 0 saturated carbocycles. The van der Waals surface area contributed by atoms with Gasteiger partial charge in [0.05, 0.1) is 5.75 Å². The fourth-order valence-corrected chi connectivity index (χ4v) is 2.94. The molecular formula is C13H23N3O2S. The molecule has 6 heteroatoms. The summed E-state index contributed by atoms with van der Waals surface area (Å²) in [6.45, 7) is 6.29. The van der Waals surface area contributed by atoms with Crippen LogP contribution < -0.4 is 0 Å². The minimum absolute atomic E-state index is 0.0325. The highest BCUT2D eigenvalue weighted by atomic mass is 32.2. The fourth-order valence-electron chi connectivity index (χ4n) is 2.17. The van der Waals surface area contributed by atoms with Gasteiger partial charge in [0.1, 0.15) is 5.82 Å². The molecule has 0 aliphatic heterocycles. The molecule has 19 heavy (non-hydrogen) atoms. The minimum Gasteiger partial charge on any atom is -0.481 e. The first-order valence-corrected chi connectivity index (χ1v) is 7.84. The van der Waals surface area contributed by atoms with Crippen LogP contribution >= 0.6 is 11.8 Å². The molecule has 0 spiro atoms. The summed E-state index contributed by atoms with van der Waals surface area (Å²) in [5.74, 6) is 0.0883. The quantitative estimate of drug-likeness (QED) is 0.705. The van der Waals surface area contributed by atoms with E-state index in [2.05, 4.69) is 28.6 Å². The maximum Gasteiger partial charge on any atom is 0.313 e. The van der Waals surface area contributed by atoms with Crippen molar-refractivity contribution < 1.29 is 9.90 Å². The highest BCUT2D eigenvalue weighted by molar-refractivity contribution is 7.99. The monoisotopic (exact) mass is 285 g/mol. The zero-order valence-corrected chi connectivity index (χ0v) is 12.7. The molecule has 1 heterocycles. The number of carbonyl (C=O) groups is 1. The van der Waals surface area contributed by atoms with Crippen LogP contribution in [0.1, 0.15) is 57.8 Å². The first-order valence-electron chi connectivity index (χ1n) is 6.86. The molecule has 0 amide bonds. The number of rotatable bonds is 9. The second kappa shape index (κ2) is 8.19. The van der Waals surface area contributed by atoms with E-state index in [1.54, 1.807) is 0 Å². The average Bonchev–Trinajstić information content (AvgIpc) is 2.73. The summed E-state index contributed by atoms with van der Waals surface area (Å²) in [6.07, 6.45) is 5.63. The number of hydrogen-bond acceptors (Lipinski definition) is 4. The number of hydrogen-bond donors (Lipinski definition) is 1. The normalized spacial score (nSPS) is 12.6. The average molecular weight is 285 g/mol. The van der Waals surface area contributed by atoms with Crippen LogP contribution in [-0.2, 0) is 4.79 Å². The van der Waals surface area contributed by atoms with Gasteiger partial charge in [-0.1, -0.05) is 44.9 Å². The van der Waals surface area contributed by atoms with Crippen molar-refractivity contribution in [2.45, 2.75) is 64.1 Å². The van der Waals surface area contributed by atoms with E-state index in [9.17, 15) is 4.79 Å². The first kappa shape index (κ1) is 16.0. The Balaban J connectivity index is 2.86. The van der Waals surface area contributed by atoms with E-state index in [1.165, 1.54) is 24.6 Å². The van der Waals surface area contributed by atoms with Crippen molar-refractivity contribution in [3.8, 4) is 0 Å². The van der Waals surface area contributed by atoms with E-state index >= 15 is 0 Å². The van der Waals surface area contributed by atoms with Gasteiger partial charge in [0.25, 0.3) is 0 Å². The Bertz CT molecular complexity index is 407. The molecule has 1 atom stereocenters. The van der Waals surface area contributed by atoms with Crippen LogP contribution in [0, 0.1) is 6.92 Å². The molecule has 1 rings (SSSR count). The van der Waals surface area contributed by atoms with Gasteiger partial charge in [-0.2, -0.15) is 0 Å². The van der Waals surface area contributed by atoms with Gasteiger partial charge >= 0.3 is 5.97 Å². The summed E-state index contributed by atoms with van der Waals surface area (Å²) >= 11 is 1.25. The van der Waals surface area contributed by atoms with Crippen molar-refractivity contribution in [1.29, 1.82) is 0 Å². The number of aryl methyl sites for hydroxylation is 1. The Hall–Kier alpha value is -1.04. The number of nitrogens with zero attached hydrogens (tertiary/aromatic N) is 3. The van der Waals surface area contributed by atoms with Crippen LogP contribution in [0.25, 0.3) is 0 Å². The van der Waals surface area contributed by atoms with Crippen molar-refractivity contribution >= 4 is 17.7 Å². The number of aromatic nitrogens is 3. The van der Waals surface area contributed by atoms with Crippen molar-refractivity contribution in [3.63, 3.8) is 0 Å². The Morgan fingerprint density at radius 2 is 2.05 bits per heavy atom. The summed E-state index contributed by atoms with van der Waals surface area (Å²) in [5, 5.41) is 17.7. The van der Waals surface area contributed by atoms with Crippen molar-refractivity contribution in [2.75, 3.05) is 5.75 Å². The molecule has 1 unspecified atom stereocenters. The highest BCUT2D eigenvalue weighted by Crippen LogP contribution is 2.28. The van der Waals surface area contributed by atoms with Crippen LogP contribution in [-0.4, -0.2) is 31.6 Å². The Kier molecular flexibility index (Phi) is 6.91. The summed E-state index contributed by atoms with van der Waals surface area (Å²) in [4.78, 5) is 10.7. The van der Waals surface area contributed by atoms with E-state index in [4.69, 9.17) is 5.11 Å². The number of carboxylic acid groups (broad SMARTS) is 1. The number of thioether (sulfide) groups is 1. The largest absolute Gasteiger partial charge is 0.481 e. The van der Waals surface area contributed by atoms with Crippen LogP contribution in [0.3, 0.4) is 0 Å². The molecule has 0 bridgehead atoms. The van der Waals surface area contributed by atoms with Gasteiger partial charge in [-0.05, 0) is 19.8 Å². The standard InChI is InChI=1S/C13H23N3O2S/c1-4-6-8-11(7-5-2)16-10(3)14-15-13(16)19-9-12(17)18/h11H,4-9H2,1-3H3,(H,17,18). The second-order valence-electron chi connectivity index (χ2n) is 4.67. The van der Waals surface area contributed by atoms with Gasteiger partial charge in [-0.25, -0.2) is 0 Å². The number of unbranched alkanes of at least 4 members (excludes halogenated alkanes) is 1. The van der Waals surface area contributed by atoms with Crippen molar-refractivity contribution in [2.24, 2.45) is 0 Å². The summed E-state index contributed by atoms with van der Waals surface area (Å²) in [6, 6.07) is 0.385. The molecule has 1 aromatic rings. The zero-order valence-electron chi connectivity index (χ0n) is 11.9. The second-order valence-corrected chi connectivity index (χ2v) is 5.61. The minimum atomic E-state index is -0.821. The van der Waals surface area contributed by atoms with Gasteiger partial charge < -0.3 is 9.67 Å². The Morgan fingerprint density at radius 1 is 1.32 bits per heavy atom. The molecule has 5 nitrogen and oxygen atoms in total. The van der Waals surface area contributed by atoms with Gasteiger partial charge in [0.2, 0.25) is 0 Å². The molecule has 0 aliphatic rings. The third-order valence-corrected chi connectivity index (χ3v) is 3.97. The van der Waals surface area contributed by atoms with Crippen LogP contribution in [0.4, 0.5) is 0 Å². The van der Waals surface area contributed by atoms with Crippen LogP contribution in [0.5, 0.6) is 0 Å². The lowest BCUT2D eigenvalue weighted by molar-refractivity contribution is -0.133. The third-order valence-electron chi connectivity index (χ3n) is 3.04. The number of aliphatic carboxylic acids is 1. The summed E-state index contributed by atoms with van der Waals surface area (Å²) < 4.78 is 2.12. The smallest absolute Gasteiger partial charge is 0.313 e. The van der Waals surface area contributed by atoms with Crippen LogP contribution in [0.15, 0.2) is 5.16 Å². The summed E-state index contributed by atoms with van der Waals surface area (Å²) in [7, 11) is 0. The van der Waals surface area contributed by atoms with E-state index < -0.39 is 5.97 Å². The molecule has 108 valence electrons. The molecule has 0 aromatic carbocycles. The first-order chi connectivity index (χ1) is 9.10. The fraction of sp³-hybridized carbons (Fsp3) is 0.769. The lowest BCUT2D eigenvalue weighted by Crippen LogP contribution is -2.13. The SMILES string of the molecule is CCCCC(CCC)n1c(C)nnc1SCC(=O)O. The molecular weight excluding hydrogens is 262 g/mol. The van der Waals surface area contributed by atoms with Gasteiger partial charge in [-0.3, -0.25) is 4.79 Å². The van der Waals surface area contributed by atoms with Gasteiger partial charge in [0.15, 0.2) is 5.16 Å². The molecule has 0 aliphatic carbocycles. The van der Waals surface area contributed by atoms with Crippen molar-refractivity contribution in [1.82, 2.24) is 14.8 Å². The Labute approximate surface area is 118 Å². The maximum absolute atomic E-state index is 10.7. The Morgan fingerprint density at radius 3 is 2.63 bits per heavy atom. The summed E-state index contributed by atoms with van der Waals surface area (Å²) in [5.41, 5.74) is 0. The molecule has 1 N–H and O–H groups in total. The third kappa shape index (κ3) is 4.86. The molecule has 0 radical (unpaired) electrons. The van der Waals surface area contributed by atoms with Crippen LogP contribution in [0.2, 0.25) is 0 Å². The van der Waals surface area contributed by atoms with E-state index in [0.717, 1.165) is 30.2 Å².